The molecule has 1 unspecified atom stereocenters. The molecule has 0 aliphatic heterocycles. The maximum Gasteiger partial charge on any atom is 0.274 e. The Labute approximate surface area is 103 Å². The number of nitrogens with two attached hydrogens (primary N) is 1. The summed E-state index contributed by atoms with van der Waals surface area (Å²) in [7, 11) is 0. The lowest BCUT2D eigenvalue weighted by molar-refractivity contribution is -0.128. The summed E-state index contributed by atoms with van der Waals surface area (Å²) in [6.45, 7) is 3.85. The maximum atomic E-state index is 11.3. The fraction of sp³-hybridized carbons (Fsp3) is 0.364. The van der Waals surface area contributed by atoms with Gasteiger partial charge in [0.25, 0.3) is 5.91 Å². The first-order valence-electron chi connectivity index (χ1n) is 5.01. The van der Waals surface area contributed by atoms with Crippen LogP contribution in [0.25, 0.3) is 0 Å². The van der Waals surface area contributed by atoms with Gasteiger partial charge in [0.1, 0.15) is 5.75 Å². The molecule has 0 aromatic heterocycles. The fourth-order valence-corrected chi connectivity index (χ4v) is 1.86. The second-order valence-electron chi connectivity index (χ2n) is 3.46. The van der Waals surface area contributed by atoms with Gasteiger partial charge in [-0.2, -0.15) is 0 Å². The number of hydrogen-bond acceptors (Lipinski definition) is 3. The first-order chi connectivity index (χ1) is 7.58. The van der Waals surface area contributed by atoms with Crippen LogP contribution < -0.4 is 16.0 Å². The topological polar surface area (TPSA) is 64.3 Å². The molecule has 0 spiro atoms. The van der Waals surface area contributed by atoms with Crippen LogP contribution in [-0.2, 0) is 4.79 Å². The minimum atomic E-state index is -0.566. The highest BCUT2D eigenvalue weighted by atomic mass is 79.9. The van der Waals surface area contributed by atoms with E-state index in [1.165, 1.54) is 0 Å². The molecule has 1 atom stereocenters. The Balaban J connectivity index is 2.82. The van der Waals surface area contributed by atoms with Gasteiger partial charge in [-0.25, -0.2) is 5.84 Å². The molecular formula is C11H15BrN2O2. The Bertz CT molecular complexity index is 382. The van der Waals surface area contributed by atoms with E-state index in [1.54, 1.807) is 0 Å². The van der Waals surface area contributed by atoms with Gasteiger partial charge in [-0.3, -0.25) is 10.2 Å². The molecule has 0 saturated heterocycles. The molecule has 0 saturated carbocycles. The molecular weight excluding hydrogens is 272 g/mol. The van der Waals surface area contributed by atoms with Crippen LogP contribution in [0.1, 0.15) is 18.9 Å². The molecule has 5 heteroatoms. The summed E-state index contributed by atoms with van der Waals surface area (Å²) in [5, 5.41) is 0. The van der Waals surface area contributed by atoms with Crippen LogP contribution in [0, 0.1) is 6.92 Å². The molecule has 0 heterocycles. The van der Waals surface area contributed by atoms with E-state index in [0.29, 0.717) is 12.2 Å². The fourth-order valence-electron chi connectivity index (χ4n) is 1.27. The average Bonchev–Trinajstić information content (AvgIpc) is 2.27. The number of rotatable bonds is 4. The molecule has 0 radical (unpaired) electrons. The SMILES string of the molecule is CCC(Oc1ccc(C)cc1Br)C(=O)NN. The average molecular weight is 287 g/mol. The lowest BCUT2D eigenvalue weighted by Gasteiger charge is -2.16. The molecule has 0 aliphatic rings. The number of halogens is 1. The summed E-state index contributed by atoms with van der Waals surface area (Å²) < 4.78 is 6.39. The quantitative estimate of drug-likeness (QED) is 0.505. The number of hydrazine groups is 1. The first-order valence-corrected chi connectivity index (χ1v) is 5.81. The summed E-state index contributed by atoms with van der Waals surface area (Å²) in [5.74, 6) is 5.39. The zero-order valence-corrected chi connectivity index (χ0v) is 10.9. The van der Waals surface area contributed by atoms with Crippen LogP contribution >= 0.6 is 15.9 Å². The Hall–Kier alpha value is -1.07. The Morgan fingerprint density at radius 2 is 2.31 bits per heavy atom. The van der Waals surface area contributed by atoms with Gasteiger partial charge >= 0.3 is 0 Å². The van der Waals surface area contributed by atoms with E-state index < -0.39 is 6.10 Å². The molecule has 4 nitrogen and oxygen atoms in total. The summed E-state index contributed by atoms with van der Waals surface area (Å²) in [4.78, 5) is 11.3. The first kappa shape index (κ1) is 13.0. The van der Waals surface area contributed by atoms with E-state index in [9.17, 15) is 4.79 Å². The van der Waals surface area contributed by atoms with Crippen molar-refractivity contribution in [1.82, 2.24) is 5.43 Å². The normalized spacial score (nSPS) is 12.0. The highest BCUT2D eigenvalue weighted by molar-refractivity contribution is 9.10. The third-order valence-electron chi connectivity index (χ3n) is 2.16. The summed E-state index contributed by atoms with van der Waals surface area (Å²) in [5.41, 5.74) is 3.21. The van der Waals surface area contributed by atoms with Crippen molar-refractivity contribution in [3.63, 3.8) is 0 Å². The molecule has 0 aliphatic carbocycles. The lowest BCUT2D eigenvalue weighted by atomic mass is 10.2. The predicted molar refractivity (Wildman–Crippen MR) is 65.9 cm³/mol. The van der Waals surface area contributed by atoms with E-state index >= 15 is 0 Å². The zero-order chi connectivity index (χ0) is 12.1. The minimum absolute atomic E-state index is 0.324. The van der Waals surface area contributed by atoms with Crippen molar-refractivity contribution >= 4 is 21.8 Å². The molecule has 88 valence electrons. The number of hydrogen-bond donors (Lipinski definition) is 2. The molecule has 0 bridgehead atoms. The van der Waals surface area contributed by atoms with E-state index in [-0.39, 0.29) is 5.91 Å². The third-order valence-corrected chi connectivity index (χ3v) is 2.78. The van der Waals surface area contributed by atoms with Gasteiger partial charge < -0.3 is 4.74 Å². The third kappa shape index (κ3) is 3.21. The predicted octanol–water partition coefficient (Wildman–Crippen LogP) is 1.90. The molecule has 1 aromatic carbocycles. The van der Waals surface area contributed by atoms with Crippen LogP contribution in [0.3, 0.4) is 0 Å². The summed E-state index contributed by atoms with van der Waals surface area (Å²) in [6, 6.07) is 5.68. The van der Waals surface area contributed by atoms with Crippen molar-refractivity contribution in [2.24, 2.45) is 5.84 Å². The standard InChI is InChI=1S/C11H15BrN2O2/c1-3-9(11(15)14-13)16-10-5-4-7(2)6-8(10)12/h4-6,9H,3,13H2,1-2H3,(H,14,15). The number of carbonyl (C=O) groups excluding carboxylic acids is 1. The Morgan fingerprint density at radius 3 is 2.81 bits per heavy atom. The molecule has 1 aromatic rings. The smallest absolute Gasteiger partial charge is 0.274 e. The van der Waals surface area contributed by atoms with Crippen molar-refractivity contribution in [3.8, 4) is 5.75 Å². The van der Waals surface area contributed by atoms with E-state index in [2.05, 4.69) is 21.4 Å². The second-order valence-corrected chi connectivity index (χ2v) is 4.31. The number of nitrogens with one attached hydrogen (secondary N) is 1. The Kier molecular flexibility index (Phi) is 4.76. The monoisotopic (exact) mass is 286 g/mol. The summed E-state index contributed by atoms with van der Waals surface area (Å²) >= 11 is 3.39. The number of carbonyl (C=O) groups is 1. The molecule has 0 fully saturated rings. The van der Waals surface area contributed by atoms with Gasteiger partial charge in [-0.1, -0.05) is 13.0 Å². The number of ether oxygens (including phenoxy) is 1. The van der Waals surface area contributed by atoms with Crippen LogP contribution in [0.4, 0.5) is 0 Å². The highest BCUT2D eigenvalue weighted by Crippen LogP contribution is 2.27. The van der Waals surface area contributed by atoms with Gasteiger partial charge in [-0.05, 0) is 47.0 Å². The van der Waals surface area contributed by atoms with E-state index in [1.807, 2.05) is 32.0 Å². The number of aryl methyl sites for hydroxylation is 1. The maximum absolute atomic E-state index is 11.3. The largest absolute Gasteiger partial charge is 0.479 e. The van der Waals surface area contributed by atoms with Crippen molar-refractivity contribution in [2.75, 3.05) is 0 Å². The zero-order valence-electron chi connectivity index (χ0n) is 9.29. The lowest BCUT2D eigenvalue weighted by Crippen LogP contribution is -2.41. The van der Waals surface area contributed by atoms with E-state index in [0.717, 1.165) is 10.0 Å². The van der Waals surface area contributed by atoms with Crippen LogP contribution in [0.5, 0.6) is 5.75 Å². The van der Waals surface area contributed by atoms with Crippen LogP contribution in [0.2, 0.25) is 0 Å². The van der Waals surface area contributed by atoms with E-state index in [4.69, 9.17) is 10.6 Å². The molecule has 1 amide bonds. The Morgan fingerprint density at radius 1 is 1.62 bits per heavy atom. The highest BCUT2D eigenvalue weighted by Gasteiger charge is 2.18. The van der Waals surface area contributed by atoms with Gasteiger partial charge in [0.05, 0.1) is 4.47 Å². The molecule has 3 N–H and O–H groups in total. The van der Waals surface area contributed by atoms with Crippen LogP contribution in [0.15, 0.2) is 22.7 Å². The van der Waals surface area contributed by atoms with Crippen molar-refractivity contribution in [1.29, 1.82) is 0 Å². The van der Waals surface area contributed by atoms with Gasteiger partial charge in [-0.15, -0.1) is 0 Å². The van der Waals surface area contributed by atoms with Gasteiger partial charge in [0.2, 0.25) is 0 Å². The number of benzene rings is 1. The van der Waals surface area contributed by atoms with Crippen molar-refractivity contribution in [2.45, 2.75) is 26.4 Å². The van der Waals surface area contributed by atoms with Gasteiger partial charge in [0, 0.05) is 0 Å². The van der Waals surface area contributed by atoms with Crippen molar-refractivity contribution < 1.29 is 9.53 Å². The minimum Gasteiger partial charge on any atom is -0.479 e. The van der Waals surface area contributed by atoms with Crippen molar-refractivity contribution in [3.05, 3.63) is 28.2 Å². The van der Waals surface area contributed by atoms with Crippen LogP contribution in [-0.4, -0.2) is 12.0 Å². The van der Waals surface area contributed by atoms with Gasteiger partial charge in [0.15, 0.2) is 6.10 Å². The number of amides is 1. The molecule has 16 heavy (non-hydrogen) atoms. The molecule has 1 rings (SSSR count). The second kappa shape index (κ2) is 5.86. The summed E-state index contributed by atoms with van der Waals surface area (Å²) in [6.07, 6.45) is -0.00686.